The van der Waals surface area contributed by atoms with Crippen molar-refractivity contribution in [2.45, 2.75) is 13.8 Å². The summed E-state index contributed by atoms with van der Waals surface area (Å²) in [6.45, 7) is 3.49. The summed E-state index contributed by atoms with van der Waals surface area (Å²) >= 11 is 11.7. The number of halogens is 2. The van der Waals surface area contributed by atoms with Crippen molar-refractivity contribution >= 4 is 40.7 Å². The Labute approximate surface area is 109 Å². The van der Waals surface area contributed by atoms with Crippen LogP contribution < -0.4 is 4.90 Å². The van der Waals surface area contributed by atoms with Gasteiger partial charge in [-0.15, -0.1) is 0 Å². The van der Waals surface area contributed by atoms with E-state index in [2.05, 4.69) is 0 Å². The van der Waals surface area contributed by atoms with Gasteiger partial charge in [-0.3, -0.25) is 9.59 Å². The average molecular weight is 272 g/mol. The van der Waals surface area contributed by atoms with E-state index in [0.717, 1.165) is 4.90 Å². The largest absolute Gasteiger partial charge is 0.274 e. The molecule has 0 aliphatic carbocycles. The molecule has 1 fully saturated rings. The maximum Gasteiger partial charge on any atom is 0.237 e. The Bertz CT molecular complexity index is 461. The van der Waals surface area contributed by atoms with Crippen LogP contribution in [0.15, 0.2) is 18.2 Å². The molecule has 0 bridgehead atoms. The summed E-state index contributed by atoms with van der Waals surface area (Å²) in [5.41, 5.74) is 0.439. The van der Waals surface area contributed by atoms with Crippen LogP contribution >= 0.6 is 23.2 Å². The van der Waals surface area contributed by atoms with Crippen LogP contribution in [0.1, 0.15) is 13.8 Å². The average Bonchev–Trinajstić information content (AvgIpc) is 2.42. The van der Waals surface area contributed by atoms with Crippen LogP contribution in [0.2, 0.25) is 10.0 Å². The molecule has 0 saturated carbocycles. The van der Waals surface area contributed by atoms with Gasteiger partial charge in [0, 0.05) is 21.9 Å². The lowest BCUT2D eigenvalue weighted by molar-refractivity contribution is -0.122. The van der Waals surface area contributed by atoms with Crippen LogP contribution in [-0.4, -0.2) is 11.8 Å². The maximum absolute atomic E-state index is 12.0. The summed E-state index contributed by atoms with van der Waals surface area (Å²) in [6.07, 6.45) is 0. The minimum absolute atomic E-state index is 0.208. The van der Waals surface area contributed by atoms with Crippen LogP contribution in [-0.2, 0) is 9.59 Å². The smallest absolute Gasteiger partial charge is 0.237 e. The van der Waals surface area contributed by atoms with Crippen molar-refractivity contribution in [3.8, 4) is 0 Å². The van der Waals surface area contributed by atoms with Crippen molar-refractivity contribution in [3.63, 3.8) is 0 Å². The lowest BCUT2D eigenvalue weighted by Crippen LogP contribution is -2.30. The molecule has 1 saturated heterocycles. The highest BCUT2D eigenvalue weighted by Crippen LogP contribution is 2.33. The SMILES string of the molecule is CC1C(=O)N(c2cc(Cl)cc(Cl)c2)C(=O)[C@H]1C. The summed E-state index contributed by atoms with van der Waals surface area (Å²) in [6, 6.07) is 4.69. The first-order valence-corrected chi connectivity index (χ1v) is 6.01. The summed E-state index contributed by atoms with van der Waals surface area (Å²) in [5.74, 6) is -1.03. The molecule has 90 valence electrons. The van der Waals surface area contributed by atoms with Crippen LogP contribution in [0.4, 0.5) is 5.69 Å². The highest BCUT2D eigenvalue weighted by Gasteiger charge is 2.43. The second kappa shape index (κ2) is 4.31. The van der Waals surface area contributed by atoms with Gasteiger partial charge in [-0.25, -0.2) is 4.90 Å². The molecular weight excluding hydrogens is 261 g/mol. The third-order valence-electron chi connectivity index (χ3n) is 3.08. The van der Waals surface area contributed by atoms with Crippen LogP contribution in [0, 0.1) is 11.8 Å². The third-order valence-corrected chi connectivity index (χ3v) is 3.51. The fourth-order valence-corrected chi connectivity index (χ4v) is 2.38. The molecule has 1 unspecified atom stereocenters. The number of imide groups is 1. The predicted octanol–water partition coefficient (Wildman–Crippen LogP) is 3.14. The van der Waals surface area contributed by atoms with Gasteiger partial charge in [-0.1, -0.05) is 37.0 Å². The van der Waals surface area contributed by atoms with Crippen molar-refractivity contribution in [1.82, 2.24) is 0 Å². The van der Waals surface area contributed by atoms with Crippen LogP contribution in [0.3, 0.4) is 0 Å². The summed E-state index contributed by atoms with van der Waals surface area (Å²) in [5, 5.41) is 0.806. The molecule has 5 heteroatoms. The van der Waals surface area contributed by atoms with Crippen molar-refractivity contribution in [3.05, 3.63) is 28.2 Å². The van der Waals surface area contributed by atoms with Crippen molar-refractivity contribution in [2.24, 2.45) is 11.8 Å². The fourth-order valence-electron chi connectivity index (χ4n) is 1.87. The Hall–Kier alpha value is -1.06. The summed E-state index contributed by atoms with van der Waals surface area (Å²) in [4.78, 5) is 25.1. The Morgan fingerprint density at radius 1 is 0.941 bits per heavy atom. The molecule has 1 aliphatic heterocycles. The number of carbonyl (C=O) groups is 2. The topological polar surface area (TPSA) is 37.4 Å². The Morgan fingerprint density at radius 3 is 1.76 bits per heavy atom. The zero-order chi connectivity index (χ0) is 12.7. The first-order valence-electron chi connectivity index (χ1n) is 5.25. The quantitative estimate of drug-likeness (QED) is 0.736. The van der Waals surface area contributed by atoms with Gasteiger partial charge in [0.2, 0.25) is 11.8 Å². The number of amides is 2. The minimum atomic E-state index is -0.305. The number of rotatable bonds is 1. The van der Waals surface area contributed by atoms with E-state index in [1.54, 1.807) is 32.0 Å². The zero-order valence-electron chi connectivity index (χ0n) is 9.41. The fraction of sp³-hybridized carbons (Fsp3) is 0.333. The molecule has 1 aliphatic rings. The van der Waals surface area contributed by atoms with E-state index < -0.39 is 0 Å². The van der Waals surface area contributed by atoms with E-state index in [9.17, 15) is 9.59 Å². The second-order valence-electron chi connectivity index (χ2n) is 4.22. The molecule has 1 aromatic rings. The lowest BCUT2D eigenvalue weighted by atomic mass is 10.00. The second-order valence-corrected chi connectivity index (χ2v) is 5.09. The van der Waals surface area contributed by atoms with Crippen molar-refractivity contribution in [1.29, 1.82) is 0 Å². The van der Waals surface area contributed by atoms with E-state index >= 15 is 0 Å². The molecule has 0 spiro atoms. The van der Waals surface area contributed by atoms with Gasteiger partial charge in [0.1, 0.15) is 0 Å². The molecule has 1 heterocycles. The van der Waals surface area contributed by atoms with E-state index in [4.69, 9.17) is 23.2 Å². The van der Waals surface area contributed by atoms with Gasteiger partial charge in [-0.2, -0.15) is 0 Å². The Kier molecular flexibility index (Phi) is 3.15. The molecule has 3 nitrogen and oxygen atoms in total. The molecule has 0 radical (unpaired) electrons. The van der Waals surface area contributed by atoms with Crippen LogP contribution in [0.25, 0.3) is 0 Å². The summed E-state index contributed by atoms with van der Waals surface area (Å²) in [7, 11) is 0. The molecule has 2 amide bonds. The molecular formula is C12H11Cl2NO2. The highest BCUT2D eigenvalue weighted by atomic mass is 35.5. The molecule has 2 rings (SSSR count). The van der Waals surface area contributed by atoms with E-state index in [-0.39, 0.29) is 23.7 Å². The third kappa shape index (κ3) is 2.05. The lowest BCUT2D eigenvalue weighted by Gasteiger charge is -2.15. The molecule has 0 aromatic heterocycles. The van der Waals surface area contributed by atoms with E-state index in [0.29, 0.717) is 15.7 Å². The predicted molar refractivity (Wildman–Crippen MR) is 67.3 cm³/mol. The van der Waals surface area contributed by atoms with E-state index in [1.165, 1.54) is 0 Å². The van der Waals surface area contributed by atoms with Gasteiger partial charge in [0.15, 0.2) is 0 Å². The molecule has 0 N–H and O–H groups in total. The van der Waals surface area contributed by atoms with Gasteiger partial charge >= 0.3 is 0 Å². The number of anilines is 1. The normalized spacial score (nSPS) is 24.6. The zero-order valence-corrected chi connectivity index (χ0v) is 10.9. The summed E-state index contributed by atoms with van der Waals surface area (Å²) < 4.78 is 0. The van der Waals surface area contributed by atoms with Gasteiger partial charge < -0.3 is 0 Å². The highest BCUT2D eigenvalue weighted by molar-refractivity contribution is 6.35. The van der Waals surface area contributed by atoms with E-state index in [1.807, 2.05) is 0 Å². The number of hydrogen-bond donors (Lipinski definition) is 0. The van der Waals surface area contributed by atoms with Gasteiger partial charge in [0.25, 0.3) is 0 Å². The van der Waals surface area contributed by atoms with Gasteiger partial charge in [0.05, 0.1) is 5.69 Å². The Morgan fingerprint density at radius 2 is 1.35 bits per heavy atom. The first-order chi connectivity index (χ1) is 7.91. The van der Waals surface area contributed by atoms with Gasteiger partial charge in [-0.05, 0) is 18.2 Å². The maximum atomic E-state index is 12.0. The first kappa shape index (κ1) is 12.4. The number of benzene rings is 1. The van der Waals surface area contributed by atoms with Crippen molar-refractivity contribution < 1.29 is 9.59 Å². The van der Waals surface area contributed by atoms with Crippen molar-refractivity contribution in [2.75, 3.05) is 4.90 Å². The van der Waals surface area contributed by atoms with Crippen LogP contribution in [0.5, 0.6) is 0 Å². The standard InChI is InChI=1S/C12H11Cl2NO2/c1-6-7(2)12(17)15(11(6)16)10-4-8(13)3-9(14)5-10/h3-7H,1-2H3/t6-,7?/m0/s1. The minimum Gasteiger partial charge on any atom is -0.274 e. The number of hydrogen-bond acceptors (Lipinski definition) is 2. The molecule has 1 aromatic carbocycles. The number of nitrogens with zero attached hydrogens (tertiary/aromatic N) is 1. The molecule has 17 heavy (non-hydrogen) atoms. The molecule has 2 atom stereocenters. The monoisotopic (exact) mass is 271 g/mol. The number of carbonyl (C=O) groups excluding carboxylic acids is 2. The Balaban J connectivity index is 2.47.